The molecule has 2 rings (SSSR count). The van der Waals surface area contributed by atoms with Gasteiger partial charge in [-0.15, -0.1) is 11.8 Å². The van der Waals surface area contributed by atoms with Crippen molar-refractivity contribution in [3.8, 4) is 0 Å². The Hall–Kier alpha value is -1.22. The minimum atomic E-state index is 0.0407. The Bertz CT molecular complexity index is 439. The number of nitrogens with one attached hydrogen (secondary N) is 1. The monoisotopic (exact) mass is 261 g/mol. The van der Waals surface area contributed by atoms with Gasteiger partial charge < -0.3 is 5.32 Å². The number of para-hydroxylation sites is 1. The summed E-state index contributed by atoms with van der Waals surface area (Å²) in [6.45, 7) is 4.41. The molecular weight excluding hydrogens is 242 g/mol. The zero-order chi connectivity index (χ0) is 13.0. The van der Waals surface area contributed by atoms with E-state index in [0.717, 1.165) is 18.5 Å². The van der Waals surface area contributed by atoms with Crippen molar-refractivity contribution in [2.24, 2.45) is 5.92 Å². The lowest BCUT2D eigenvalue weighted by atomic mass is 10.1. The maximum atomic E-state index is 12.1. The van der Waals surface area contributed by atoms with Crippen LogP contribution in [-0.4, -0.2) is 11.2 Å². The minimum Gasteiger partial charge on any atom is -0.325 e. The minimum absolute atomic E-state index is 0.0407. The summed E-state index contributed by atoms with van der Waals surface area (Å²) >= 11 is 1.72. The fourth-order valence-corrected chi connectivity index (χ4v) is 3.30. The largest absolute Gasteiger partial charge is 0.325 e. The maximum Gasteiger partial charge on any atom is 0.238 e. The quantitative estimate of drug-likeness (QED) is 0.885. The third kappa shape index (κ3) is 3.64. The molecule has 3 heteroatoms. The number of hydrogen-bond donors (Lipinski definition) is 1. The highest BCUT2D eigenvalue weighted by Gasteiger charge is 2.25. The van der Waals surface area contributed by atoms with Crippen LogP contribution in [0.2, 0.25) is 0 Å². The molecule has 0 saturated heterocycles. The Labute approximate surface area is 113 Å². The van der Waals surface area contributed by atoms with Gasteiger partial charge in [0.25, 0.3) is 0 Å². The lowest BCUT2D eigenvalue weighted by molar-refractivity contribution is -0.115. The molecule has 0 spiro atoms. The first kappa shape index (κ1) is 13.2. The average molecular weight is 261 g/mol. The molecule has 1 aromatic rings. The summed E-state index contributed by atoms with van der Waals surface area (Å²) < 4.78 is 0. The molecule has 1 unspecified atom stereocenters. The maximum absolute atomic E-state index is 12.1. The number of anilines is 1. The van der Waals surface area contributed by atoms with Crippen LogP contribution in [0, 0.1) is 5.92 Å². The first-order valence-corrected chi connectivity index (χ1v) is 7.24. The van der Waals surface area contributed by atoms with Gasteiger partial charge in [-0.3, -0.25) is 4.79 Å². The molecule has 1 heterocycles. The third-order valence-corrected chi connectivity index (χ3v) is 4.12. The first-order valence-electron chi connectivity index (χ1n) is 6.36. The summed E-state index contributed by atoms with van der Waals surface area (Å²) in [7, 11) is 0. The number of benzene rings is 1. The molecule has 1 aromatic carbocycles. The van der Waals surface area contributed by atoms with E-state index in [9.17, 15) is 4.79 Å². The Morgan fingerprint density at radius 3 is 2.78 bits per heavy atom. The van der Waals surface area contributed by atoms with E-state index in [1.165, 1.54) is 4.91 Å². The van der Waals surface area contributed by atoms with Crippen LogP contribution < -0.4 is 5.32 Å². The summed E-state index contributed by atoms with van der Waals surface area (Å²) in [4.78, 5) is 13.4. The molecule has 0 aromatic heterocycles. The van der Waals surface area contributed by atoms with Crippen LogP contribution in [-0.2, 0) is 4.79 Å². The Morgan fingerprint density at radius 2 is 2.11 bits per heavy atom. The fraction of sp³-hybridized carbons (Fsp3) is 0.400. The summed E-state index contributed by atoms with van der Waals surface area (Å²) in [6.07, 6.45) is 4.14. The second-order valence-electron chi connectivity index (χ2n) is 4.97. The van der Waals surface area contributed by atoms with Gasteiger partial charge in [0.1, 0.15) is 0 Å². The standard InChI is InChI=1S/C15H19NOS/c1-11(2)10-13-8-9-14(18-13)15(17)16-12-6-4-3-5-7-12/h3-8,11,14H,9-10H2,1-2H3,(H,16,17). The molecule has 1 N–H and O–H groups in total. The number of allylic oxidation sites excluding steroid dienone is 2. The van der Waals surface area contributed by atoms with Gasteiger partial charge in [0.05, 0.1) is 5.25 Å². The van der Waals surface area contributed by atoms with Crippen LogP contribution in [0.1, 0.15) is 26.7 Å². The molecule has 1 atom stereocenters. The lowest BCUT2D eigenvalue weighted by Gasteiger charge is -2.11. The van der Waals surface area contributed by atoms with E-state index in [-0.39, 0.29) is 11.2 Å². The summed E-state index contributed by atoms with van der Waals surface area (Å²) in [6, 6.07) is 9.64. The van der Waals surface area contributed by atoms with Gasteiger partial charge in [0, 0.05) is 5.69 Å². The van der Waals surface area contributed by atoms with E-state index in [0.29, 0.717) is 5.92 Å². The highest BCUT2D eigenvalue weighted by atomic mass is 32.2. The second kappa shape index (κ2) is 6.10. The SMILES string of the molecule is CC(C)CC1=CCC(C(=O)Nc2ccccc2)S1. The van der Waals surface area contributed by atoms with E-state index in [2.05, 4.69) is 25.2 Å². The molecule has 2 nitrogen and oxygen atoms in total. The number of rotatable bonds is 4. The number of carbonyl (C=O) groups is 1. The van der Waals surface area contributed by atoms with Crippen LogP contribution in [0.4, 0.5) is 5.69 Å². The normalized spacial score (nSPS) is 18.8. The number of thioether (sulfide) groups is 1. The predicted octanol–water partition coefficient (Wildman–Crippen LogP) is 4.06. The Balaban J connectivity index is 1.86. The van der Waals surface area contributed by atoms with Crippen molar-refractivity contribution in [3.05, 3.63) is 41.3 Å². The Morgan fingerprint density at radius 1 is 1.39 bits per heavy atom. The predicted molar refractivity (Wildman–Crippen MR) is 78.6 cm³/mol. The molecule has 0 fully saturated rings. The fourth-order valence-electron chi connectivity index (χ4n) is 1.96. The topological polar surface area (TPSA) is 29.1 Å². The van der Waals surface area contributed by atoms with Crippen LogP contribution >= 0.6 is 11.8 Å². The molecule has 0 radical (unpaired) electrons. The van der Waals surface area contributed by atoms with Crippen LogP contribution in [0.3, 0.4) is 0 Å². The molecule has 0 saturated carbocycles. The van der Waals surface area contributed by atoms with Gasteiger partial charge in [-0.2, -0.15) is 0 Å². The zero-order valence-corrected chi connectivity index (χ0v) is 11.7. The molecule has 18 heavy (non-hydrogen) atoms. The van der Waals surface area contributed by atoms with Gasteiger partial charge >= 0.3 is 0 Å². The van der Waals surface area contributed by atoms with Crippen molar-refractivity contribution in [1.29, 1.82) is 0 Å². The highest BCUT2D eigenvalue weighted by molar-refractivity contribution is 8.04. The first-order chi connectivity index (χ1) is 8.65. The van der Waals surface area contributed by atoms with E-state index in [4.69, 9.17) is 0 Å². The van der Waals surface area contributed by atoms with Crippen LogP contribution in [0.15, 0.2) is 41.3 Å². The summed E-state index contributed by atoms with van der Waals surface area (Å²) in [5, 5.41) is 3.01. The van der Waals surface area contributed by atoms with E-state index in [1.807, 2.05) is 30.3 Å². The third-order valence-electron chi connectivity index (χ3n) is 2.80. The van der Waals surface area contributed by atoms with Crippen molar-refractivity contribution >= 4 is 23.4 Å². The summed E-state index contributed by atoms with van der Waals surface area (Å²) in [5.41, 5.74) is 0.875. The van der Waals surface area contributed by atoms with E-state index in [1.54, 1.807) is 11.8 Å². The van der Waals surface area contributed by atoms with Gasteiger partial charge in [-0.05, 0) is 35.8 Å². The van der Waals surface area contributed by atoms with Crippen molar-refractivity contribution in [2.45, 2.75) is 31.9 Å². The van der Waals surface area contributed by atoms with E-state index >= 15 is 0 Å². The molecule has 1 amide bonds. The van der Waals surface area contributed by atoms with Crippen molar-refractivity contribution < 1.29 is 4.79 Å². The number of amides is 1. The number of carbonyl (C=O) groups excluding carboxylic acids is 1. The van der Waals surface area contributed by atoms with Crippen LogP contribution in [0.25, 0.3) is 0 Å². The molecule has 0 bridgehead atoms. The highest BCUT2D eigenvalue weighted by Crippen LogP contribution is 2.36. The van der Waals surface area contributed by atoms with Crippen molar-refractivity contribution in [1.82, 2.24) is 0 Å². The van der Waals surface area contributed by atoms with E-state index < -0.39 is 0 Å². The van der Waals surface area contributed by atoms with Crippen molar-refractivity contribution in [3.63, 3.8) is 0 Å². The molecule has 1 aliphatic heterocycles. The molecule has 96 valence electrons. The van der Waals surface area contributed by atoms with Gasteiger partial charge in [-0.25, -0.2) is 0 Å². The second-order valence-corrected chi connectivity index (χ2v) is 6.29. The Kier molecular flexibility index (Phi) is 4.48. The molecule has 0 aliphatic carbocycles. The summed E-state index contributed by atoms with van der Waals surface area (Å²) in [5.74, 6) is 0.765. The van der Waals surface area contributed by atoms with Gasteiger partial charge in [0.2, 0.25) is 5.91 Å². The van der Waals surface area contributed by atoms with Crippen molar-refractivity contribution in [2.75, 3.05) is 5.32 Å². The van der Waals surface area contributed by atoms with Crippen LogP contribution in [0.5, 0.6) is 0 Å². The molecular formula is C15H19NOS. The molecule has 1 aliphatic rings. The average Bonchev–Trinajstić information content (AvgIpc) is 2.78. The smallest absolute Gasteiger partial charge is 0.238 e. The zero-order valence-electron chi connectivity index (χ0n) is 10.8. The number of hydrogen-bond acceptors (Lipinski definition) is 2. The lowest BCUT2D eigenvalue weighted by Crippen LogP contribution is -2.23. The van der Waals surface area contributed by atoms with Gasteiger partial charge in [0.15, 0.2) is 0 Å². The van der Waals surface area contributed by atoms with Gasteiger partial charge in [-0.1, -0.05) is 38.1 Å².